The summed E-state index contributed by atoms with van der Waals surface area (Å²) in [6, 6.07) is 22.7. The lowest BCUT2D eigenvalue weighted by molar-refractivity contribution is 0.372. The van der Waals surface area contributed by atoms with Crippen molar-refractivity contribution in [3.8, 4) is 6.01 Å². The minimum Gasteiger partial charge on any atom is -0.467 e. The number of hydrogen-bond donors (Lipinski definition) is 0. The number of ether oxygens (including phenoxy) is 1. The van der Waals surface area contributed by atoms with E-state index in [2.05, 4.69) is 34.2 Å². The third kappa shape index (κ3) is 4.02. The zero-order valence-electron chi connectivity index (χ0n) is 12.0. The second-order valence-corrected chi connectivity index (χ2v) is 6.55. The Balaban J connectivity index is 1.86. The van der Waals surface area contributed by atoms with Crippen LogP contribution in [0.5, 0.6) is 6.01 Å². The van der Waals surface area contributed by atoms with E-state index in [1.807, 2.05) is 42.5 Å². The normalized spacial score (nSPS) is 10.4. The van der Waals surface area contributed by atoms with Crippen LogP contribution in [0.4, 0.5) is 0 Å². The van der Waals surface area contributed by atoms with Crippen LogP contribution < -0.4 is 4.74 Å². The van der Waals surface area contributed by atoms with Crippen LogP contribution in [-0.4, -0.2) is 17.1 Å². The van der Waals surface area contributed by atoms with Gasteiger partial charge in [-0.05, 0) is 24.3 Å². The molecule has 0 radical (unpaired) electrons. The van der Waals surface area contributed by atoms with Gasteiger partial charge >= 0.3 is 6.01 Å². The molecule has 0 aliphatic rings. The average Bonchev–Trinajstić information content (AvgIpc) is 2.56. The first-order valence-corrected chi connectivity index (χ1v) is 8.36. The number of nitrogens with zero attached hydrogens (tertiary/aromatic N) is 2. The molecule has 1 aromatic heterocycles. The van der Waals surface area contributed by atoms with Gasteiger partial charge in [-0.25, -0.2) is 0 Å². The molecule has 3 nitrogen and oxygen atoms in total. The first kappa shape index (κ1) is 14.9. The molecule has 0 saturated carbocycles. The second kappa shape index (κ2) is 7.33. The third-order valence-corrected chi connectivity index (χ3v) is 4.62. The topological polar surface area (TPSA) is 35.0 Å². The summed E-state index contributed by atoms with van der Waals surface area (Å²) in [4.78, 5) is 11.1. The number of hydrogen-bond acceptors (Lipinski definition) is 5. The molecule has 110 valence electrons. The number of aromatic nitrogens is 2. The lowest BCUT2D eigenvalue weighted by Crippen LogP contribution is -1.94. The monoisotopic (exact) mass is 326 g/mol. The van der Waals surface area contributed by atoms with E-state index in [9.17, 15) is 0 Å². The SMILES string of the molecule is COc1nc(Sc2ccccc2)cc(Sc2ccccc2)n1. The minimum absolute atomic E-state index is 0.388. The van der Waals surface area contributed by atoms with Gasteiger partial charge in [0, 0.05) is 15.9 Å². The van der Waals surface area contributed by atoms with E-state index in [4.69, 9.17) is 4.74 Å². The van der Waals surface area contributed by atoms with Gasteiger partial charge in [0.2, 0.25) is 0 Å². The number of benzene rings is 2. The first-order chi connectivity index (χ1) is 10.8. The Hall–Kier alpha value is -1.98. The minimum atomic E-state index is 0.388. The molecule has 0 atom stereocenters. The van der Waals surface area contributed by atoms with Gasteiger partial charge in [-0.2, -0.15) is 9.97 Å². The number of rotatable bonds is 5. The molecule has 0 aliphatic heterocycles. The van der Waals surface area contributed by atoms with Gasteiger partial charge in [0.1, 0.15) is 10.1 Å². The van der Waals surface area contributed by atoms with Crippen LogP contribution in [0.2, 0.25) is 0 Å². The van der Waals surface area contributed by atoms with Crippen LogP contribution in [0.1, 0.15) is 0 Å². The fourth-order valence-corrected chi connectivity index (χ4v) is 3.53. The third-order valence-electron chi connectivity index (χ3n) is 2.77. The van der Waals surface area contributed by atoms with Gasteiger partial charge in [0.05, 0.1) is 7.11 Å². The average molecular weight is 326 g/mol. The quantitative estimate of drug-likeness (QED) is 0.630. The fraction of sp³-hybridized carbons (Fsp3) is 0.0588. The summed E-state index contributed by atoms with van der Waals surface area (Å²) in [5.41, 5.74) is 0. The zero-order chi connectivity index (χ0) is 15.2. The van der Waals surface area contributed by atoms with Crippen LogP contribution >= 0.6 is 23.5 Å². The van der Waals surface area contributed by atoms with Crippen LogP contribution in [-0.2, 0) is 0 Å². The summed E-state index contributed by atoms with van der Waals surface area (Å²) >= 11 is 3.19. The molecule has 5 heteroatoms. The molecular formula is C17H14N2OS2. The van der Waals surface area contributed by atoms with Gasteiger partial charge in [0.25, 0.3) is 0 Å². The smallest absolute Gasteiger partial charge is 0.318 e. The van der Waals surface area contributed by atoms with E-state index >= 15 is 0 Å². The molecule has 3 rings (SSSR count). The Morgan fingerprint density at radius 1 is 0.727 bits per heavy atom. The molecule has 0 amide bonds. The molecule has 1 heterocycles. The largest absolute Gasteiger partial charge is 0.467 e. The summed E-state index contributed by atoms with van der Waals surface area (Å²) in [6.07, 6.45) is 0. The summed E-state index contributed by atoms with van der Waals surface area (Å²) in [7, 11) is 1.59. The van der Waals surface area contributed by atoms with E-state index in [1.165, 1.54) is 0 Å². The van der Waals surface area contributed by atoms with Crippen molar-refractivity contribution in [1.82, 2.24) is 9.97 Å². The van der Waals surface area contributed by atoms with E-state index in [-0.39, 0.29) is 0 Å². The van der Waals surface area contributed by atoms with Crippen LogP contribution in [0.25, 0.3) is 0 Å². The highest BCUT2D eigenvalue weighted by molar-refractivity contribution is 8.00. The Morgan fingerprint density at radius 2 is 1.18 bits per heavy atom. The lowest BCUT2D eigenvalue weighted by atomic mass is 10.4. The molecule has 0 bridgehead atoms. The molecule has 2 aromatic carbocycles. The highest BCUT2D eigenvalue weighted by Gasteiger charge is 2.08. The fourth-order valence-electron chi connectivity index (χ4n) is 1.80. The molecule has 0 fully saturated rings. The van der Waals surface area contributed by atoms with Crippen molar-refractivity contribution in [2.24, 2.45) is 0 Å². The van der Waals surface area contributed by atoms with Crippen LogP contribution in [0.15, 0.2) is 86.6 Å². The maximum absolute atomic E-state index is 5.22. The first-order valence-electron chi connectivity index (χ1n) is 6.72. The van der Waals surface area contributed by atoms with Crippen LogP contribution in [0.3, 0.4) is 0 Å². The van der Waals surface area contributed by atoms with Crippen molar-refractivity contribution < 1.29 is 4.74 Å². The lowest BCUT2D eigenvalue weighted by Gasteiger charge is -2.06. The summed E-state index contributed by atoms with van der Waals surface area (Å²) in [6.45, 7) is 0. The van der Waals surface area contributed by atoms with Crippen molar-refractivity contribution >= 4 is 23.5 Å². The molecule has 0 saturated heterocycles. The molecule has 22 heavy (non-hydrogen) atoms. The number of methoxy groups -OCH3 is 1. The Kier molecular flexibility index (Phi) is 4.98. The Morgan fingerprint density at radius 3 is 1.59 bits per heavy atom. The van der Waals surface area contributed by atoms with Gasteiger partial charge < -0.3 is 4.74 Å². The molecular weight excluding hydrogens is 312 g/mol. The molecule has 0 N–H and O–H groups in total. The van der Waals surface area contributed by atoms with Gasteiger partial charge in [-0.15, -0.1) is 0 Å². The van der Waals surface area contributed by atoms with Gasteiger partial charge in [-0.3, -0.25) is 0 Å². The van der Waals surface area contributed by atoms with Crippen molar-refractivity contribution in [3.05, 3.63) is 66.7 Å². The van der Waals surface area contributed by atoms with E-state index in [1.54, 1.807) is 30.6 Å². The molecule has 0 unspecified atom stereocenters. The highest BCUT2D eigenvalue weighted by Crippen LogP contribution is 2.32. The Labute approximate surface area is 138 Å². The van der Waals surface area contributed by atoms with E-state index in [0.717, 1.165) is 19.8 Å². The maximum Gasteiger partial charge on any atom is 0.318 e. The predicted octanol–water partition coefficient (Wildman–Crippen LogP) is 4.79. The maximum atomic E-state index is 5.22. The van der Waals surface area contributed by atoms with Gasteiger partial charge in [0.15, 0.2) is 0 Å². The van der Waals surface area contributed by atoms with E-state index in [0.29, 0.717) is 6.01 Å². The standard InChI is InChI=1S/C17H14N2OS2/c1-20-17-18-15(21-13-8-4-2-5-9-13)12-16(19-17)22-14-10-6-3-7-11-14/h2-12H,1H3. The summed E-state index contributed by atoms with van der Waals surface area (Å²) in [5, 5.41) is 1.74. The molecule has 0 spiro atoms. The predicted molar refractivity (Wildman–Crippen MR) is 89.7 cm³/mol. The molecule has 3 aromatic rings. The Bertz CT molecular complexity index is 676. The van der Waals surface area contributed by atoms with Crippen molar-refractivity contribution in [2.75, 3.05) is 7.11 Å². The molecule has 0 aliphatic carbocycles. The summed E-state index contributed by atoms with van der Waals surface area (Å²) < 4.78 is 5.22. The summed E-state index contributed by atoms with van der Waals surface area (Å²) in [5.74, 6) is 0. The zero-order valence-corrected chi connectivity index (χ0v) is 13.6. The van der Waals surface area contributed by atoms with Crippen molar-refractivity contribution in [3.63, 3.8) is 0 Å². The van der Waals surface area contributed by atoms with E-state index < -0.39 is 0 Å². The van der Waals surface area contributed by atoms with Crippen molar-refractivity contribution in [2.45, 2.75) is 19.8 Å². The van der Waals surface area contributed by atoms with Gasteiger partial charge in [-0.1, -0.05) is 59.9 Å². The highest BCUT2D eigenvalue weighted by atomic mass is 32.2. The second-order valence-electron chi connectivity index (χ2n) is 4.36. The van der Waals surface area contributed by atoms with Crippen LogP contribution in [0, 0.1) is 0 Å². The van der Waals surface area contributed by atoms with Crippen molar-refractivity contribution in [1.29, 1.82) is 0 Å².